The molecule has 0 saturated heterocycles. The van der Waals surface area contributed by atoms with Crippen molar-refractivity contribution in [1.82, 2.24) is 0 Å². The standard InChI is InChI=1S/2C10H8O2.2C3H8O.4C3H7O.2Ti/c2*11-9-5-7-3-1-2-4-8(7)6-10(9)12;6*1-3(2)4;;/h2*1-6,11-12H;2*3-4H,1-2H3;4*3H,1-2H3;;/q;;;;4*-1;2*+4/p-4. The SMILES string of the molecule is CC(C)O.CC(C)O.CC(C)[O-].CC(C)[O-].CC(C)[O-].CC(C)[O-].[O-]c1cc2ccccc2cc1[O-].[O-]c1cc2ccccc2cc1[O-].[Ti+4].[Ti+4]. The predicted molar refractivity (Wildman–Crippen MR) is 181 cm³/mol. The second-order valence-corrected chi connectivity index (χ2v) is 11.7. The van der Waals surface area contributed by atoms with E-state index in [2.05, 4.69) is 0 Å². The molecular formula is C38H56O10Ti2. The number of rotatable bonds is 0. The normalized spacial score (nSPS) is 9.28. The molecule has 0 amide bonds. The Morgan fingerprint density at radius 3 is 0.560 bits per heavy atom. The molecule has 0 spiro atoms. The van der Waals surface area contributed by atoms with Crippen LogP contribution in [-0.2, 0) is 43.4 Å². The summed E-state index contributed by atoms with van der Waals surface area (Å²) in [6.07, 6.45) is -2.00. The molecule has 0 fully saturated rings. The molecule has 0 aliphatic carbocycles. The van der Waals surface area contributed by atoms with Crippen molar-refractivity contribution in [2.45, 2.75) is 120 Å². The molecule has 0 unspecified atom stereocenters. The van der Waals surface area contributed by atoms with Crippen LogP contribution in [0, 0.1) is 0 Å². The minimum absolute atomic E-state index is 0. The van der Waals surface area contributed by atoms with Crippen LogP contribution in [0.4, 0.5) is 0 Å². The van der Waals surface area contributed by atoms with Crippen LogP contribution >= 0.6 is 0 Å². The fourth-order valence-electron chi connectivity index (χ4n) is 2.40. The van der Waals surface area contributed by atoms with Gasteiger partial charge in [-0.05, 0) is 49.2 Å². The molecule has 0 atom stereocenters. The van der Waals surface area contributed by atoms with Gasteiger partial charge in [0.25, 0.3) is 0 Å². The van der Waals surface area contributed by atoms with Gasteiger partial charge in [-0.2, -0.15) is 0 Å². The Morgan fingerprint density at radius 2 is 0.460 bits per heavy atom. The minimum Gasteiger partial charge on any atom is -0.873 e. The van der Waals surface area contributed by atoms with E-state index in [9.17, 15) is 40.9 Å². The van der Waals surface area contributed by atoms with Crippen LogP contribution in [0.25, 0.3) is 21.5 Å². The Morgan fingerprint density at radius 1 is 0.360 bits per heavy atom. The Kier molecular flexibility index (Phi) is 43.8. The number of fused-ring (bicyclic) bond motifs is 2. The fraction of sp³-hybridized carbons (Fsp3) is 0.474. The van der Waals surface area contributed by atoms with Gasteiger partial charge in [-0.1, -0.05) is 128 Å². The Hall–Kier alpha value is -2.21. The first-order valence-electron chi connectivity index (χ1n) is 15.7. The van der Waals surface area contributed by atoms with Crippen molar-refractivity contribution in [3.8, 4) is 23.0 Å². The van der Waals surface area contributed by atoms with E-state index in [1.807, 2.05) is 48.5 Å². The van der Waals surface area contributed by atoms with Crippen LogP contribution in [0.5, 0.6) is 23.0 Å². The molecule has 12 heteroatoms. The van der Waals surface area contributed by atoms with E-state index >= 15 is 0 Å². The monoisotopic (exact) mass is 768 g/mol. The van der Waals surface area contributed by atoms with Crippen LogP contribution in [-0.4, -0.2) is 46.8 Å². The first-order valence-corrected chi connectivity index (χ1v) is 15.7. The molecule has 4 rings (SSSR count). The summed E-state index contributed by atoms with van der Waals surface area (Å²) < 4.78 is 0. The number of hydrogen-bond acceptors (Lipinski definition) is 10. The molecule has 276 valence electrons. The molecule has 0 saturated carbocycles. The quantitative estimate of drug-likeness (QED) is 0.247. The van der Waals surface area contributed by atoms with Gasteiger partial charge in [0.1, 0.15) is 0 Å². The van der Waals surface area contributed by atoms with Crippen LogP contribution in [0.2, 0.25) is 0 Å². The molecule has 4 aromatic carbocycles. The van der Waals surface area contributed by atoms with E-state index in [1.54, 1.807) is 83.1 Å². The van der Waals surface area contributed by atoms with Gasteiger partial charge in [0.15, 0.2) is 0 Å². The van der Waals surface area contributed by atoms with E-state index in [0.29, 0.717) is 0 Å². The molecule has 4 aromatic rings. The molecule has 50 heavy (non-hydrogen) atoms. The third-order valence-corrected chi connectivity index (χ3v) is 3.62. The smallest absolute Gasteiger partial charge is 0.873 e. The van der Waals surface area contributed by atoms with Gasteiger partial charge in [-0.15, -0.1) is 47.4 Å². The van der Waals surface area contributed by atoms with E-state index in [4.69, 9.17) is 10.2 Å². The van der Waals surface area contributed by atoms with Gasteiger partial charge in [0, 0.05) is 12.2 Å². The van der Waals surface area contributed by atoms with Crippen molar-refractivity contribution < 1.29 is 94.5 Å². The summed E-state index contributed by atoms with van der Waals surface area (Å²) in [5.41, 5.74) is 0. The number of aliphatic hydroxyl groups excluding tert-OH is 2. The Labute approximate surface area is 329 Å². The molecular weight excluding hydrogens is 712 g/mol. The minimum atomic E-state index is -0.436. The zero-order valence-corrected chi connectivity index (χ0v) is 34.7. The molecule has 0 radical (unpaired) electrons. The van der Waals surface area contributed by atoms with Crippen LogP contribution < -0.4 is 40.9 Å². The van der Waals surface area contributed by atoms with Gasteiger partial charge in [-0.25, -0.2) is 0 Å². The summed E-state index contributed by atoms with van der Waals surface area (Å²) in [7, 11) is 0. The van der Waals surface area contributed by atoms with Gasteiger partial charge in [0.2, 0.25) is 0 Å². The second kappa shape index (κ2) is 36.6. The molecule has 0 heterocycles. The van der Waals surface area contributed by atoms with Crippen LogP contribution in [0.15, 0.2) is 72.8 Å². The third kappa shape index (κ3) is 47.9. The van der Waals surface area contributed by atoms with Crippen molar-refractivity contribution >= 4 is 21.5 Å². The maximum absolute atomic E-state index is 10.9. The summed E-state index contributed by atoms with van der Waals surface area (Å²) in [5, 5.41) is 101. The van der Waals surface area contributed by atoms with Crippen LogP contribution in [0.3, 0.4) is 0 Å². The summed E-state index contributed by atoms with van der Waals surface area (Å²) in [6, 6.07) is 20.1. The van der Waals surface area contributed by atoms with Crippen LogP contribution in [0.1, 0.15) is 83.1 Å². The average Bonchev–Trinajstić information content (AvgIpc) is 2.88. The third-order valence-electron chi connectivity index (χ3n) is 3.62. The fourth-order valence-corrected chi connectivity index (χ4v) is 2.40. The molecule has 10 nitrogen and oxygen atoms in total. The molecule has 0 aliphatic heterocycles. The van der Waals surface area contributed by atoms with Gasteiger partial charge >= 0.3 is 43.4 Å². The van der Waals surface area contributed by atoms with Gasteiger partial charge < -0.3 is 51.1 Å². The summed E-state index contributed by atoms with van der Waals surface area (Å²) in [5.74, 6) is -1.75. The Bertz CT molecular complexity index is 1090. The van der Waals surface area contributed by atoms with Gasteiger partial charge in [-0.3, -0.25) is 0 Å². The van der Waals surface area contributed by atoms with Crippen molar-refractivity contribution in [3.05, 3.63) is 72.8 Å². The average molecular weight is 769 g/mol. The maximum atomic E-state index is 10.9. The zero-order valence-electron chi connectivity index (χ0n) is 31.6. The maximum Gasteiger partial charge on any atom is 4.00 e. The topological polar surface area (TPSA) is 225 Å². The van der Waals surface area contributed by atoms with Gasteiger partial charge in [0.05, 0.1) is 0 Å². The predicted octanol–water partition coefficient (Wildman–Crippen LogP) is 1.76. The number of benzene rings is 4. The zero-order chi connectivity index (χ0) is 38.6. The second-order valence-electron chi connectivity index (χ2n) is 11.7. The summed E-state index contributed by atoms with van der Waals surface area (Å²) in [4.78, 5) is 0. The summed E-state index contributed by atoms with van der Waals surface area (Å²) in [6.45, 7) is 19.8. The first kappa shape index (κ1) is 59.9. The van der Waals surface area contributed by atoms with E-state index < -0.39 is 47.4 Å². The molecule has 0 bridgehead atoms. The van der Waals surface area contributed by atoms with Crippen molar-refractivity contribution in [1.29, 1.82) is 0 Å². The van der Waals surface area contributed by atoms with Crippen molar-refractivity contribution in [3.63, 3.8) is 0 Å². The number of aliphatic hydroxyl groups is 2. The Balaban J connectivity index is -0.000000118. The summed E-state index contributed by atoms with van der Waals surface area (Å²) >= 11 is 0. The van der Waals surface area contributed by atoms with E-state index in [-0.39, 0.29) is 55.6 Å². The van der Waals surface area contributed by atoms with Crippen molar-refractivity contribution in [2.75, 3.05) is 0 Å². The molecule has 0 aromatic heterocycles. The van der Waals surface area contributed by atoms with Crippen molar-refractivity contribution in [2.24, 2.45) is 0 Å². The van der Waals surface area contributed by atoms with E-state index in [1.165, 1.54) is 24.3 Å². The molecule has 0 aliphatic rings. The number of hydrogen-bond donors (Lipinski definition) is 2. The largest absolute Gasteiger partial charge is 4.00 e. The molecule has 2 N–H and O–H groups in total. The van der Waals surface area contributed by atoms with E-state index in [0.717, 1.165) is 21.5 Å². The first-order chi connectivity index (χ1) is 21.9.